The standard InChI is InChI=1S/C10H9BrN4S2/c1-5-13-10(17-15-5)14-8-3-2-6(9(12)16)4-7(8)11/h2-4H,1H3,(H2,12,16)(H,13,14,15). The van der Waals surface area contributed by atoms with Gasteiger partial charge in [0.25, 0.3) is 0 Å². The molecule has 0 unspecified atom stereocenters. The van der Waals surface area contributed by atoms with Crippen LogP contribution in [0.5, 0.6) is 0 Å². The van der Waals surface area contributed by atoms with E-state index >= 15 is 0 Å². The Morgan fingerprint density at radius 1 is 1.53 bits per heavy atom. The number of rotatable bonds is 3. The van der Waals surface area contributed by atoms with E-state index in [1.165, 1.54) is 11.5 Å². The van der Waals surface area contributed by atoms with Crippen LogP contribution in [0.3, 0.4) is 0 Å². The molecule has 0 saturated heterocycles. The number of aromatic nitrogens is 2. The van der Waals surface area contributed by atoms with Crippen molar-refractivity contribution < 1.29 is 0 Å². The molecule has 17 heavy (non-hydrogen) atoms. The van der Waals surface area contributed by atoms with Gasteiger partial charge in [-0.2, -0.15) is 4.37 Å². The van der Waals surface area contributed by atoms with Crippen molar-refractivity contribution in [3.63, 3.8) is 0 Å². The highest BCUT2D eigenvalue weighted by molar-refractivity contribution is 9.10. The summed E-state index contributed by atoms with van der Waals surface area (Å²) in [7, 11) is 0. The molecule has 0 fully saturated rings. The first-order valence-corrected chi connectivity index (χ1v) is 6.70. The Labute approximate surface area is 117 Å². The van der Waals surface area contributed by atoms with Crippen LogP contribution in [-0.4, -0.2) is 14.3 Å². The van der Waals surface area contributed by atoms with Gasteiger partial charge in [-0.05, 0) is 41.1 Å². The molecule has 0 radical (unpaired) electrons. The molecular weight excluding hydrogens is 320 g/mol. The Balaban J connectivity index is 2.25. The molecule has 1 heterocycles. The lowest BCUT2D eigenvalue weighted by atomic mass is 10.2. The van der Waals surface area contributed by atoms with Crippen LogP contribution in [0, 0.1) is 6.92 Å². The van der Waals surface area contributed by atoms with Crippen LogP contribution in [0.15, 0.2) is 22.7 Å². The van der Waals surface area contributed by atoms with E-state index in [1.54, 1.807) is 0 Å². The van der Waals surface area contributed by atoms with Crippen molar-refractivity contribution in [3.8, 4) is 0 Å². The highest BCUT2D eigenvalue weighted by Gasteiger charge is 2.06. The molecule has 1 aromatic carbocycles. The van der Waals surface area contributed by atoms with Crippen LogP contribution in [0.25, 0.3) is 0 Å². The van der Waals surface area contributed by atoms with Crippen LogP contribution in [0.4, 0.5) is 10.8 Å². The van der Waals surface area contributed by atoms with Gasteiger partial charge in [0.2, 0.25) is 5.13 Å². The smallest absolute Gasteiger partial charge is 0.207 e. The summed E-state index contributed by atoms with van der Waals surface area (Å²) in [5, 5.41) is 3.93. The fraction of sp³-hybridized carbons (Fsp3) is 0.100. The zero-order valence-electron chi connectivity index (χ0n) is 8.90. The maximum atomic E-state index is 5.56. The van der Waals surface area contributed by atoms with Gasteiger partial charge in [0, 0.05) is 21.6 Å². The van der Waals surface area contributed by atoms with Gasteiger partial charge in [0.05, 0.1) is 5.69 Å². The molecule has 0 aliphatic heterocycles. The molecule has 0 aliphatic rings. The van der Waals surface area contributed by atoms with Crippen molar-refractivity contribution in [2.24, 2.45) is 5.73 Å². The van der Waals surface area contributed by atoms with Gasteiger partial charge in [-0.15, -0.1) is 0 Å². The van der Waals surface area contributed by atoms with Crippen molar-refractivity contribution in [3.05, 3.63) is 34.1 Å². The first-order chi connectivity index (χ1) is 8.06. The maximum absolute atomic E-state index is 5.56. The van der Waals surface area contributed by atoms with Crippen molar-refractivity contribution in [2.45, 2.75) is 6.92 Å². The predicted octanol–water partition coefficient (Wildman–Crippen LogP) is 2.99. The summed E-state index contributed by atoms with van der Waals surface area (Å²) < 4.78 is 4.99. The van der Waals surface area contributed by atoms with Gasteiger partial charge < -0.3 is 11.1 Å². The topological polar surface area (TPSA) is 63.8 Å². The minimum atomic E-state index is 0.379. The Bertz CT molecular complexity index is 567. The number of anilines is 2. The molecule has 7 heteroatoms. The number of halogens is 1. The number of thiocarbonyl (C=S) groups is 1. The van der Waals surface area contributed by atoms with E-state index in [1.807, 2.05) is 25.1 Å². The SMILES string of the molecule is Cc1nsc(Nc2ccc(C(N)=S)cc2Br)n1. The molecule has 2 aromatic rings. The van der Waals surface area contributed by atoms with E-state index in [0.29, 0.717) is 4.99 Å². The molecule has 0 spiro atoms. The second-order valence-corrected chi connectivity index (χ2v) is 5.38. The lowest BCUT2D eigenvalue weighted by molar-refractivity contribution is 1.17. The van der Waals surface area contributed by atoms with Crippen molar-refractivity contribution in [1.82, 2.24) is 9.36 Å². The van der Waals surface area contributed by atoms with Crippen LogP contribution in [0.2, 0.25) is 0 Å². The van der Waals surface area contributed by atoms with E-state index in [4.69, 9.17) is 18.0 Å². The van der Waals surface area contributed by atoms with Gasteiger partial charge >= 0.3 is 0 Å². The van der Waals surface area contributed by atoms with Gasteiger partial charge in [-0.1, -0.05) is 12.2 Å². The molecule has 3 N–H and O–H groups in total. The van der Waals surface area contributed by atoms with E-state index in [0.717, 1.165) is 26.7 Å². The number of nitrogens with zero attached hydrogens (tertiary/aromatic N) is 2. The molecular formula is C10H9BrN4S2. The third-order valence-electron chi connectivity index (χ3n) is 2.02. The Morgan fingerprint density at radius 3 is 2.82 bits per heavy atom. The van der Waals surface area contributed by atoms with Crippen LogP contribution >= 0.6 is 39.7 Å². The lowest BCUT2D eigenvalue weighted by Gasteiger charge is -2.06. The number of hydrogen-bond donors (Lipinski definition) is 2. The van der Waals surface area contributed by atoms with E-state index in [2.05, 4.69) is 30.6 Å². The van der Waals surface area contributed by atoms with Crippen LogP contribution in [-0.2, 0) is 0 Å². The molecule has 1 aromatic heterocycles. The minimum Gasteiger partial charge on any atom is -0.389 e. The zero-order valence-corrected chi connectivity index (χ0v) is 12.1. The monoisotopic (exact) mass is 328 g/mol. The number of benzene rings is 1. The lowest BCUT2D eigenvalue weighted by Crippen LogP contribution is -2.09. The summed E-state index contributed by atoms with van der Waals surface area (Å²) in [6.07, 6.45) is 0. The Kier molecular flexibility index (Phi) is 3.70. The number of hydrogen-bond acceptors (Lipinski definition) is 5. The third-order valence-corrected chi connectivity index (χ3v) is 3.64. The maximum Gasteiger partial charge on any atom is 0.207 e. The Hall–Kier alpha value is -1.05. The highest BCUT2D eigenvalue weighted by atomic mass is 79.9. The van der Waals surface area contributed by atoms with Crippen molar-refractivity contribution in [1.29, 1.82) is 0 Å². The molecule has 4 nitrogen and oxygen atoms in total. The van der Waals surface area contributed by atoms with Crippen LogP contribution in [0.1, 0.15) is 11.4 Å². The summed E-state index contributed by atoms with van der Waals surface area (Å²) >= 11 is 9.69. The van der Waals surface area contributed by atoms with Gasteiger partial charge in [0.1, 0.15) is 10.8 Å². The minimum absolute atomic E-state index is 0.379. The van der Waals surface area contributed by atoms with Gasteiger partial charge in [-0.3, -0.25) is 0 Å². The summed E-state index contributed by atoms with van der Waals surface area (Å²) in [5.41, 5.74) is 7.29. The van der Waals surface area contributed by atoms with Crippen LogP contribution < -0.4 is 11.1 Å². The molecule has 0 bridgehead atoms. The summed E-state index contributed by atoms with van der Waals surface area (Å²) in [6, 6.07) is 5.64. The summed E-state index contributed by atoms with van der Waals surface area (Å²) in [6.45, 7) is 1.85. The molecule has 88 valence electrons. The molecule has 2 rings (SSSR count). The fourth-order valence-corrected chi connectivity index (χ4v) is 2.43. The molecule has 0 atom stereocenters. The average molecular weight is 329 g/mol. The average Bonchev–Trinajstić information content (AvgIpc) is 2.67. The second-order valence-electron chi connectivity index (χ2n) is 3.33. The number of nitrogens with one attached hydrogen (secondary N) is 1. The van der Waals surface area contributed by atoms with E-state index in [9.17, 15) is 0 Å². The van der Waals surface area contributed by atoms with Gasteiger partial charge in [-0.25, -0.2) is 4.98 Å². The fourth-order valence-electron chi connectivity index (χ4n) is 1.23. The predicted molar refractivity (Wildman–Crippen MR) is 78.0 cm³/mol. The summed E-state index contributed by atoms with van der Waals surface area (Å²) in [5.74, 6) is 0.758. The van der Waals surface area contributed by atoms with E-state index < -0.39 is 0 Å². The highest BCUT2D eigenvalue weighted by Crippen LogP contribution is 2.27. The van der Waals surface area contributed by atoms with Crippen molar-refractivity contribution >= 4 is 55.5 Å². The summed E-state index contributed by atoms with van der Waals surface area (Å²) in [4.78, 5) is 4.61. The number of nitrogens with two attached hydrogens (primary N) is 1. The zero-order chi connectivity index (χ0) is 12.4. The largest absolute Gasteiger partial charge is 0.389 e. The molecule has 0 amide bonds. The second kappa shape index (κ2) is 5.07. The Morgan fingerprint density at radius 2 is 2.29 bits per heavy atom. The number of aryl methyl sites for hydroxylation is 1. The normalized spacial score (nSPS) is 10.2. The third kappa shape index (κ3) is 2.99. The quantitative estimate of drug-likeness (QED) is 0.848. The van der Waals surface area contributed by atoms with E-state index in [-0.39, 0.29) is 0 Å². The molecule has 0 saturated carbocycles. The first-order valence-electron chi connectivity index (χ1n) is 4.73. The van der Waals surface area contributed by atoms with Gasteiger partial charge in [0.15, 0.2) is 0 Å². The first kappa shape index (κ1) is 12.4. The molecule has 0 aliphatic carbocycles. The van der Waals surface area contributed by atoms with Crippen molar-refractivity contribution in [2.75, 3.05) is 5.32 Å².